The highest BCUT2D eigenvalue weighted by Gasteiger charge is 2.10. The van der Waals surface area contributed by atoms with Crippen molar-refractivity contribution in [3.05, 3.63) is 69.8 Å². The van der Waals surface area contributed by atoms with Crippen LogP contribution in [0.4, 0.5) is 11.4 Å². The van der Waals surface area contributed by atoms with Gasteiger partial charge in [0.2, 0.25) is 0 Å². The van der Waals surface area contributed by atoms with Crippen molar-refractivity contribution in [1.29, 1.82) is 0 Å². The number of nitrogens with one attached hydrogen (secondary N) is 1. The van der Waals surface area contributed by atoms with Gasteiger partial charge >= 0.3 is 0 Å². The third kappa shape index (κ3) is 3.31. The molecule has 0 radical (unpaired) electrons. The lowest BCUT2D eigenvalue weighted by Gasteiger charge is -2.16. The van der Waals surface area contributed by atoms with E-state index < -0.39 is 0 Å². The number of rotatable bonds is 4. The first-order valence-electron chi connectivity index (χ1n) is 6.14. The Bertz CT molecular complexity index is 582. The number of nitro benzene ring substituents is 1. The summed E-state index contributed by atoms with van der Waals surface area (Å²) in [6, 6.07) is 15.1. The molecule has 0 amide bonds. The first-order chi connectivity index (χ1) is 9.06. The Morgan fingerprint density at radius 2 is 1.84 bits per heavy atom. The van der Waals surface area contributed by atoms with Gasteiger partial charge in [0.05, 0.1) is 4.92 Å². The first-order valence-corrected chi connectivity index (χ1v) is 6.14. The maximum absolute atomic E-state index is 10.8. The molecule has 2 aromatic carbocycles. The van der Waals surface area contributed by atoms with Gasteiger partial charge in [-0.05, 0) is 31.0 Å². The molecule has 0 saturated carbocycles. The second kappa shape index (κ2) is 5.52. The summed E-state index contributed by atoms with van der Waals surface area (Å²) < 4.78 is 0. The van der Waals surface area contributed by atoms with E-state index in [0.717, 1.165) is 16.8 Å². The molecule has 0 aliphatic heterocycles. The largest absolute Gasteiger partial charge is 0.378 e. The summed E-state index contributed by atoms with van der Waals surface area (Å²) in [7, 11) is 0. The average molecular weight is 256 g/mol. The number of hydrogen-bond acceptors (Lipinski definition) is 3. The van der Waals surface area contributed by atoms with Crippen LogP contribution in [0.1, 0.15) is 24.1 Å². The SMILES string of the molecule is Cc1cc(NC(C)c2ccccc2)cc([N+](=O)[O-])c1. The second-order valence-electron chi connectivity index (χ2n) is 4.59. The molecule has 98 valence electrons. The van der Waals surface area contributed by atoms with E-state index in [4.69, 9.17) is 0 Å². The molecule has 4 nitrogen and oxygen atoms in total. The van der Waals surface area contributed by atoms with Gasteiger partial charge in [-0.2, -0.15) is 0 Å². The molecule has 1 unspecified atom stereocenters. The lowest BCUT2D eigenvalue weighted by atomic mass is 10.1. The van der Waals surface area contributed by atoms with Gasteiger partial charge in [0.25, 0.3) is 5.69 Å². The highest BCUT2D eigenvalue weighted by Crippen LogP contribution is 2.24. The van der Waals surface area contributed by atoms with Crippen molar-refractivity contribution in [2.75, 3.05) is 5.32 Å². The van der Waals surface area contributed by atoms with Crippen LogP contribution in [-0.2, 0) is 0 Å². The highest BCUT2D eigenvalue weighted by atomic mass is 16.6. The molecule has 0 aliphatic rings. The minimum atomic E-state index is -0.370. The van der Waals surface area contributed by atoms with Crippen molar-refractivity contribution in [3.63, 3.8) is 0 Å². The van der Waals surface area contributed by atoms with Crippen LogP contribution in [-0.4, -0.2) is 4.92 Å². The molecule has 0 heterocycles. The number of aryl methyl sites for hydroxylation is 1. The lowest BCUT2D eigenvalue weighted by Crippen LogP contribution is -2.06. The third-order valence-corrected chi connectivity index (χ3v) is 2.96. The van der Waals surface area contributed by atoms with E-state index in [1.54, 1.807) is 12.1 Å². The van der Waals surface area contributed by atoms with Gasteiger partial charge in [0, 0.05) is 23.9 Å². The summed E-state index contributed by atoms with van der Waals surface area (Å²) in [4.78, 5) is 10.5. The van der Waals surface area contributed by atoms with Crippen LogP contribution < -0.4 is 5.32 Å². The van der Waals surface area contributed by atoms with Gasteiger partial charge in [-0.3, -0.25) is 10.1 Å². The predicted molar refractivity (Wildman–Crippen MR) is 76.3 cm³/mol. The van der Waals surface area contributed by atoms with E-state index in [1.807, 2.05) is 50.2 Å². The van der Waals surface area contributed by atoms with Gasteiger partial charge in [-0.1, -0.05) is 30.3 Å². The quantitative estimate of drug-likeness (QED) is 0.662. The van der Waals surface area contributed by atoms with Crippen LogP contribution in [0, 0.1) is 17.0 Å². The average Bonchev–Trinajstić information content (AvgIpc) is 2.39. The summed E-state index contributed by atoms with van der Waals surface area (Å²) in [5, 5.41) is 14.1. The van der Waals surface area contributed by atoms with E-state index in [2.05, 4.69) is 5.32 Å². The number of non-ortho nitro benzene ring substituents is 1. The Balaban J connectivity index is 2.21. The Morgan fingerprint density at radius 3 is 2.47 bits per heavy atom. The Labute approximate surface area is 112 Å². The van der Waals surface area contributed by atoms with Crippen molar-refractivity contribution >= 4 is 11.4 Å². The van der Waals surface area contributed by atoms with Gasteiger partial charge in [-0.25, -0.2) is 0 Å². The van der Waals surface area contributed by atoms with Crippen LogP contribution in [0.2, 0.25) is 0 Å². The topological polar surface area (TPSA) is 55.2 Å². The predicted octanol–water partition coefficient (Wildman–Crippen LogP) is 4.08. The van der Waals surface area contributed by atoms with Crippen LogP contribution in [0.5, 0.6) is 0 Å². The molecule has 2 rings (SSSR count). The minimum absolute atomic E-state index is 0.0996. The minimum Gasteiger partial charge on any atom is -0.378 e. The summed E-state index contributed by atoms with van der Waals surface area (Å²) in [5.41, 5.74) is 2.90. The van der Waals surface area contributed by atoms with Gasteiger partial charge < -0.3 is 5.32 Å². The number of nitrogens with zero attached hydrogens (tertiary/aromatic N) is 1. The molecule has 2 aromatic rings. The van der Waals surface area contributed by atoms with Crippen molar-refractivity contribution < 1.29 is 4.92 Å². The number of hydrogen-bond donors (Lipinski definition) is 1. The molecule has 0 aromatic heterocycles. The fourth-order valence-electron chi connectivity index (χ4n) is 2.03. The van der Waals surface area contributed by atoms with Gasteiger partial charge in [0.1, 0.15) is 0 Å². The number of nitro groups is 1. The smallest absolute Gasteiger partial charge is 0.271 e. The van der Waals surface area contributed by atoms with Crippen LogP contribution in [0.3, 0.4) is 0 Å². The van der Waals surface area contributed by atoms with Gasteiger partial charge in [-0.15, -0.1) is 0 Å². The summed E-state index contributed by atoms with van der Waals surface area (Å²) >= 11 is 0. The molecule has 4 heteroatoms. The molecule has 1 N–H and O–H groups in total. The molecule has 0 saturated heterocycles. The van der Waals surface area contributed by atoms with Crippen molar-refractivity contribution in [3.8, 4) is 0 Å². The fourth-order valence-corrected chi connectivity index (χ4v) is 2.03. The van der Waals surface area contributed by atoms with E-state index in [-0.39, 0.29) is 16.7 Å². The molecule has 19 heavy (non-hydrogen) atoms. The zero-order valence-corrected chi connectivity index (χ0v) is 11.0. The normalized spacial score (nSPS) is 11.9. The van der Waals surface area contributed by atoms with Crippen LogP contribution in [0.25, 0.3) is 0 Å². The molecule has 0 fully saturated rings. The van der Waals surface area contributed by atoms with Crippen LogP contribution in [0.15, 0.2) is 48.5 Å². The summed E-state index contributed by atoms with van der Waals surface area (Å²) in [5.74, 6) is 0. The second-order valence-corrected chi connectivity index (χ2v) is 4.59. The molecule has 0 spiro atoms. The summed E-state index contributed by atoms with van der Waals surface area (Å²) in [6.07, 6.45) is 0. The molecule has 0 aliphatic carbocycles. The van der Waals surface area contributed by atoms with E-state index in [1.165, 1.54) is 0 Å². The molecule has 1 atom stereocenters. The van der Waals surface area contributed by atoms with E-state index >= 15 is 0 Å². The monoisotopic (exact) mass is 256 g/mol. The maximum Gasteiger partial charge on any atom is 0.271 e. The van der Waals surface area contributed by atoms with Crippen molar-refractivity contribution in [2.24, 2.45) is 0 Å². The first kappa shape index (κ1) is 13.1. The lowest BCUT2D eigenvalue weighted by molar-refractivity contribution is -0.384. The number of benzene rings is 2. The zero-order chi connectivity index (χ0) is 13.8. The Kier molecular flexibility index (Phi) is 3.80. The fraction of sp³-hybridized carbons (Fsp3) is 0.200. The maximum atomic E-state index is 10.8. The third-order valence-electron chi connectivity index (χ3n) is 2.96. The standard InChI is InChI=1S/C15H16N2O2/c1-11-8-14(10-15(9-11)17(18)19)16-12(2)13-6-4-3-5-7-13/h3-10,12,16H,1-2H3. The van der Waals surface area contributed by atoms with Crippen molar-refractivity contribution in [2.45, 2.75) is 19.9 Å². The Morgan fingerprint density at radius 1 is 1.16 bits per heavy atom. The zero-order valence-electron chi connectivity index (χ0n) is 11.0. The van der Waals surface area contributed by atoms with Crippen LogP contribution >= 0.6 is 0 Å². The molecule has 0 bridgehead atoms. The van der Waals surface area contributed by atoms with E-state index in [0.29, 0.717) is 0 Å². The molecular formula is C15H16N2O2. The number of anilines is 1. The Hall–Kier alpha value is -2.36. The highest BCUT2D eigenvalue weighted by molar-refractivity contribution is 5.54. The van der Waals surface area contributed by atoms with Crippen molar-refractivity contribution in [1.82, 2.24) is 0 Å². The van der Waals surface area contributed by atoms with E-state index in [9.17, 15) is 10.1 Å². The summed E-state index contributed by atoms with van der Waals surface area (Å²) in [6.45, 7) is 3.88. The van der Waals surface area contributed by atoms with Gasteiger partial charge in [0.15, 0.2) is 0 Å². The molecular weight excluding hydrogens is 240 g/mol.